The molecule has 1 aromatic rings. The Kier molecular flexibility index (Phi) is 13.2. The Labute approximate surface area is 180 Å². The van der Waals surface area contributed by atoms with Crippen molar-refractivity contribution in [2.75, 3.05) is 0 Å². The highest BCUT2D eigenvalue weighted by Gasteiger charge is 2.16. The second kappa shape index (κ2) is 15.1. The summed E-state index contributed by atoms with van der Waals surface area (Å²) in [5, 5.41) is 3.03. The molecule has 0 saturated carbocycles. The molecule has 1 aliphatic heterocycles. The van der Waals surface area contributed by atoms with E-state index in [1.165, 1.54) is 0 Å². The van der Waals surface area contributed by atoms with Crippen LogP contribution >= 0.6 is 11.3 Å². The molecule has 0 aromatic carbocycles. The van der Waals surface area contributed by atoms with Gasteiger partial charge in [0.05, 0.1) is 10.7 Å². The Bertz CT molecular complexity index is 675. The van der Waals surface area contributed by atoms with Gasteiger partial charge in [-0.1, -0.05) is 38.8 Å². The molecule has 1 aromatic heterocycles. The van der Waals surface area contributed by atoms with Crippen LogP contribution in [0.15, 0.2) is 23.1 Å². The van der Waals surface area contributed by atoms with Gasteiger partial charge in [-0.25, -0.2) is 4.98 Å². The molecule has 1 unspecified atom stereocenters. The number of Topliss-reactive ketones (excluding diaryl/α,β-unsaturated/α-hetero) is 1. The lowest BCUT2D eigenvalue weighted by Gasteiger charge is -2.17. The Morgan fingerprint density at radius 1 is 1.07 bits per heavy atom. The number of ether oxygens (including phenoxy) is 1. The van der Waals surface area contributed by atoms with E-state index >= 15 is 0 Å². The van der Waals surface area contributed by atoms with Crippen LogP contribution in [0.25, 0.3) is 6.08 Å². The van der Waals surface area contributed by atoms with Gasteiger partial charge < -0.3 is 4.74 Å². The summed E-state index contributed by atoms with van der Waals surface area (Å²) in [6.45, 7) is 7.97. The van der Waals surface area contributed by atoms with Crippen LogP contribution in [-0.2, 0) is 14.3 Å². The number of hydrogen-bond donors (Lipinski definition) is 0. The zero-order valence-electron chi connectivity index (χ0n) is 18.5. The van der Waals surface area contributed by atoms with E-state index in [0.717, 1.165) is 48.4 Å². The maximum atomic E-state index is 12.3. The van der Waals surface area contributed by atoms with Crippen molar-refractivity contribution in [1.82, 2.24) is 4.98 Å². The quantitative estimate of drug-likeness (QED) is 0.389. The van der Waals surface area contributed by atoms with Crippen molar-refractivity contribution in [3.63, 3.8) is 0 Å². The van der Waals surface area contributed by atoms with Crippen molar-refractivity contribution >= 4 is 29.2 Å². The molecule has 162 valence electrons. The van der Waals surface area contributed by atoms with Crippen molar-refractivity contribution in [2.45, 2.75) is 98.0 Å². The molecule has 0 fully saturated rings. The largest absolute Gasteiger partial charge is 0.457 e. The standard InChI is InChI=1S/C22H31NO3S.C2H6/c1-17(15-19-16-27-18(2)23-19)21-13-9-7-5-3-4-6-8-11-20(24)12-10-14-22(25)26-21;1-2/h7,9,15-16,21H,3-6,8,10-14H2,1-2H3;1-2H3/b9-7-,17-15+;. The van der Waals surface area contributed by atoms with Crippen molar-refractivity contribution in [3.05, 3.63) is 33.8 Å². The first-order valence-electron chi connectivity index (χ1n) is 11.0. The van der Waals surface area contributed by atoms with Gasteiger partial charge in [0.15, 0.2) is 0 Å². The Morgan fingerprint density at radius 2 is 1.79 bits per heavy atom. The fourth-order valence-corrected chi connectivity index (χ4v) is 3.72. The lowest BCUT2D eigenvalue weighted by molar-refractivity contribution is -0.147. The number of hydrogen-bond acceptors (Lipinski definition) is 5. The molecule has 29 heavy (non-hydrogen) atoms. The predicted octanol–water partition coefficient (Wildman–Crippen LogP) is 6.83. The van der Waals surface area contributed by atoms with Crippen LogP contribution in [0.1, 0.15) is 95.7 Å². The average Bonchev–Trinajstić information content (AvgIpc) is 3.11. The van der Waals surface area contributed by atoms with Gasteiger partial charge in [0.25, 0.3) is 0 Å². The monoisotopic (exact) mass is 419 g/mol. The molecule has 0 spiro atoms. The third kappa shape index (κ3) is 11.1. The van der Waals surface area contributed by atoms with Gasteiger partial charge in [-0.2, -0.15) is 0 Å². The van der Waals surface area contributed by atoms with E-state index in [-0.39, 0.29) is 17.9 Å². The smallest absolute Gasteiger partial charge is 0.306 e. The molecule has 0 bridgehead atoms. The highest BCUT2D eigenvalue weighted by atomic mass is 32.1. The fraction of sp³-hybridized carbons (Fsp3) is 0.625. The average molecular weight is 420 g/mol. The zero-order valence-corrected chi connectivity index (χ0v) is 19.4. The first-order valence-corrected chi connectivity index (χ1v) is 11.9. The fourth-order valence-electron chi connectivity index (χ4n) is 3.15. The predicted molar refractivity (Wildman–Crippen MR) is 122 cm³/mol. The number of esters is 1. The van der Waals surface area contributed by atoms with Gasteiger partial charge in [-0.3, -0.25) is 9.59 Å². The number of thiazole rings is 1. The molecular weight excluding hydrogens is 382 g/mol. The van der Waals surface area contributed by atoms with E-state index in [1.807, 2.05) is 39.2 Å². The van der Waals surface area contributed by atoms with Gasteiger partial charge in [0, 0.05) is 31.1 Å². The van der Waals surface area contributed by atoms with Crippen LogP contribution in [0.5, 0.6) is 0 Å². The summed E-state index contributed by atoms with van der Waals surface area (Å²) < 4.78 is 5.73. The van der Waals surface area contributed by atoms with Gasteiger partial charge in [0.2, 0.25) is 0 Å². The van der Waals surface area contributed by atoms with Gasteiger partial charge >= 0.3 is 5.97 Å². The minimum absolute atomic E-state index is 0.226. The van der Waals surface area contributed by atoms with Crippen LogP contribution in [0.2, 0.25) is 0 Å². The van der Waals surface area contributed by atoms with Crippen molar-refractivity contribution in [2.24, 2.45) is 0 Å². The highest BCUT2D eigenvalue weighted by molar-refractivity contribution is 7.09. The topological polar surface area (TPSA) is 56.3 Å². The Hall–Kier alpha value is -1.75. The molecule has 0 saturated heterocycles. The summed E-state index contributed by atoms with van der Waals surface area (Å²) in [6.07, 6.45) is 14.1. The Morgan fingerprint density at radius 3 is 2.52 bits per heavy atom. The molecule has 2 rings (SSSR count). The summed E-state index contributed by atoms with van der Waals surface area (Å²) >= 11 is 1.61. The van der Waals surface area contributed by atoms with Crippen LogP contribution in [0, 0.1) is 6.92 Å². The summed E-state index contributed by atoms with van der Waals surface area (Å²) in [4.78, 5) is 28.6. The van der Waals surface area contributed by atoms with Crippen molar-refractivity contribution in [3.8, 4) is 0 Å². The number of cyclic esters (lactones) is 1. The van der Waals surface area contributed by atoms with Crippen molar-refractivity contribution < 1.29 is 14.3 Å². The first-order chi connectivity index (χ1) is 14.0. The molecule has 4 nitrogen and oxygen atoms in total. The number of nitrogens with zero attached hydrogens (tertiary/aromatic N) is 1. The number of aryl methyl sites for hydroxylation is 1. The molecule has 1 aliphatic rings. The molecule has 0 amide bonds. The highest BCUT2D eigenvalue weighted by Crippen LogP contribution is 2.19. The van der Waals surface area contributed by atoms with Gasteiger partial charge in [-0.05, 0) is 51.2 Å². The zero-order chi connectivity index (χ0) is 21.5. The third-order valence-corrected chi connectivity index (χ3v) is 5.52. The molecule has 0 radical (unpaired) electrons. The summed E-state index contributed by atoms with van der Waals surface area (Å²) in [5.74, 6) is 0.0387. The summed E-state index contributed by atoms with van der Waals surface area (Å²) in [5.41, 5.74) is 1.91. The molecular formula is C24H37NO3S. The van der Waals surface area contributed by atoms with E-state index in [9.17, 15) is 9.59 Å². The maximum Gasteiger partial charge on any atom is 0.306 e. The normalized spacial score (nSPS) is 21.7. The van der Waals surface area contributed by atoms with Crippen LogP contribution in [0.4, 0.5) is 0 Å². The first kappa shape index (κ1) is 25.3. The van der Waals surface area contributed by atoms with E-state index in [4.69, 9.17) is 4.74 Å². The van der Waals surface area contributed by atoms with E-state index in [0.29, 0.717) is 32.1 Å². The molecule has 0 N–H and O–H groups in total. The van der Waals surface area contributed by atoms with E-state index in [1.54, 1.807) is 11.3 Å². The SMILES string of the molecule is C/C(=C\c1csc(C)n1)C1C/C=C\CCCCCCC(=O)CCCC(=O)O1.CC. The number of rotatable bonds is 2. The number of carbonyl (C=O) groups is 2. The second-order valence-electron chi connectivity index (χ2n) is 7.21. The van der Waals surface area contributed by atoms with Crippen molar-refractivity contribution in [1.29, 1.82) is 0 Å². The van der Waals surface area contributed by atoms with Crippen LogP contribution in [0.3, 0.4) is 0 Å². The van der Waals surface area contributed by atoms with Gasteiger partial charge in [-0.15, -0.1) is 11.3 Å². The minimum atomic E-state index is -0.278. The molecule has 0 aliphatic carbocycles. The van der Waals surface area contributed by atoms with Gasteiger partial charge in [0.1, 0.15) is 11.9 Å². The number of allylic oxidation sites excluding steroid dienone is 1. The van der Waals surface area contributed by atoms with Crippen LogP contribution in [-0.4, -0.2) is 22.8 Å². The number of ketones is 1. The summed E-state index contributed by atoms with van der Waals surface area (Å²) in [7, 11) is 0. The number of aromatic nitrogens is 1. The van der Waals surface area contributed by atoms with E-state index in [2.05, 4.69) is 17.1 Å². The Balaban J connectivity index is 0.00000204. The molecule has 5 heteroatoms. The lowest BCUT2D eigenvalue weighted by Crippen LogP contribution is -2.19. The number of carbonyl (C=O) groups excluding carboxylic acids is 2. The third-order valence-electron chi connectivity index (χ3n) is 4.72. The second-order valence-corrected chi connectivity index (χ2v) is 8.27. The summed E-state index contributed by atoms with van der Waals surface area (Å²) in [6, 6.07) is 0. The molecule has 2 heterocycles. The minimum Gasteiger partial charge on any atom is -0.457 e. The maximum absolute atomic E-state index is 12.3. The lowest BCUT2D eigenvalue weighted by atomic mass is 10.0. The van der Waals surface area contributed by atoms with Crippen LogP contribution < -0.4 is 0 Å². The van der Waals surface area contributed by atoms with E-state index < -0.39 is 0 Å². The molecule has 1 atom stereocenters.